The van der Waals surface area contributed by atoms with Crippen LogP contribution in [-0.4, -0.2) is 21.5 Å². The van der Waals surface area contributed by atoms with Crippen molar-refractivity contribution < 1.29 is 8.42 Å². The third-order valence-corrected chi connectivity index (χ3v) is 3.94. The van der Waals surface area contributed by atoms with Gasteiger partial charge in [0.05, 0.1) is 16.3 Å². The van der Waals surface area contributed by atoms with E-state index in [2.05, 4.69) is 16.6 Å². The van der Waals surface area contributed by atoms with Gasteiger partial charge >= 0.3 is 0 Å². The van der Waals surface area contributed by atoms with Crippen LogP contribution in [0.2, 0.25) is 0 Å². The van der Waals surface area contributed by atoms with Crippen LogP contribution in [0.1, 0.15) is 13.3 Å². The van der Waals surface area contributed by atoms with Gasteiger partial charge in [-0.15, -0.1) is 6.58 Å². The summed E-state index contributed by atoms with van der Waals surface area (Å²) in [6, 6.07) is 4.82. The smallest absolute Gasteiger partial charge is 0.240 e. The van der Waals surface area contributed by atoms with Crippen LogP contribution in [0.25, 0.3) is 0 Å². The molecule has 0 saturated carbocycles. The minimum absolute atomic E-state index is 0.157. The van der Waals surface area contributed by atoms with E-state index in [4.69, 9.17) is 5.73 Å². The summed E-state index contributed by atoms with van der Waals surface area (Å²) in [5.41, 5.74) is 6.96. The van der Waals surface area contributed by atoms with Crippen molar-refractivity contribution in [2.45, 2.75) is 24.3 Å². The third kappa shape index (κ3) is 3.48. The standard InChI is InChI=1S/C12H19N3O2S/c1-4-5-9(2)15-12-7-6-10(8-11(12)13)18(16,17)14-3/h4,6-9,14-15H,1,5,13H2,2-3H3. The summed E-state index contributed by atoms with van der Waals surface area (Å²) in [5, 5.41) is 3.20. The van der Waals surface area contributed by atoms with Gasteiger partial charge in [-0.1, -0.05) is 6.08 Å². The van der Waals surface area contributed by atoms with Crippen molar-refractivity contribution in [3.05, 3.63) is 30.9 Å². The molecule has 18 heavy (non-hydrogen) atoms. The van der Waals surface area contributed by atoms with Crippen LogP contribution in [-0.2, 0) is 10.0 Å². The van der Waals surface area contributed by atoms with Crippen molar-refractivity contribution in [3.8, 4) is 0 Å². The number of sulfonamides is 1. The summed E-state index contributed by atoms with van der Waals surface area (Å²) in [6.45, 7) is 5.66. The molecule has 0 aromatic heterocycles. The molecule has 1 aromatic carbocycles. The Kier molecular flexibility index (Phi) is 4.75. The molecule has 5 nitrogen and oxygen atoms in total. The van der Waals surface area contributed by atoms with Gasteiger partial charge in [0.1, 0.15) is 0 Å². The number of nitrogens with one attached hydrogen (secondary N) is 2. The first kappa shape index (κ1) is 14.5. The molecule has 0 bridgehead atoms. The van der Waals surface area contributed by atoms with Crippen LogP contribution < -0.4 is 15.8 Å². The van der Waals surface area contributed by atoms with E-state index in [9.17, 15) is 8.42 Å². The van der Waals surface area contributed by atoms with E-state index in [0.717, 1.165) is 12.1 Å². The maximum atomic E-state index is 11.6. The molecule has 0 aliphatic heterocycles. The Labute approximate surface area is 108 Å². The summed E-state index contributed by atoms with van der Waals surface area (Å²) >= 11 is 0. The van der Waals surface area contributed by atoms with Crippen molar-refractivity contribution in [1.82, 2.24) is 4.72 Å². The van der Waals surface area contributed by atoms with E-state index in [0.29, 0.717) is 5.69 Å². The average molecular weight is 269 g/mol. The Morgan fingerprint density at radius 2 is 2.17 bits per heavy atom. The summed E-state index contributed by atoms with van der Waals surface area (Å²) in [6.07, 6.45) is 2.61. The average Bonchev–Trinajstić information content (AvgIpc) is 2.32. The lowest BCUT2D eigenvalue weighted by Crippen LogP contribution is -2.19. The van der Waals surface area contributed by atoms with E-state index >= 15 is 0 Å². The summed E-state index contributed by atoms with van der Waals surface area (Å²) in [4.78, 5) is 0.157. The second kappa shape index (κ2) is 5.88. The highest BCUT2D eigenvalue weighted by Crippen LogP contribution is 2.23. The number of hydrogen-bond acceptors (Lipinski definition) is 4. The lowest BCUT2D eigenvalue weighted by atomic mass is 10.2. The van der Waals surface area contributed by atoms with Gasteiger partial charge in [0.15, 0.2) is 0 Å². The number of benzene rings is 1. The highest BCUT2D eigenvalue weighted by molar-refractivity contribution is 7.89. The van der Waals surface area contributed by atoms with Crippen molar-refractivity contribution >= 4 is 21.4 Å². The lowest BCUT2D eigenvalue weighted by Gasteiger charge is -2.15. The molecule has 0 radical (unpaired) electrons. The molecule has 1 unspecified atom stereocenters. The van der Waals surface area contributed by atoms with E-state index in [-0.39, 0.29) is 10.9 Å². The number of nitrogens with two attached hydrogens (primary N) is 1. The van der Waals surface area contributed by atoms with Crippen LogP contribution in [0, 0.1) is 0 Å². The highest BCUT2D eigenvalue weighted by atomic mass is 32.2. The minimum atomic E-state index is -3.45. The zero-order valence-corrected chi connectivity index (χ0v) is 11.4. The van der Waals surface area contributed by atoms with Crippen molar-refractivity contribution in [3.63, 3.8) is 0 Å². The Bertz CT molecular complexity index is 526. The van der Waals surface area contributed by atoms with Gasteiger partial charge in [0, 0.05) is 6.04 Å². The molecule has 0 aliphatic carbocycles. The van der Waals surface area contributed by atoms with Gasteiger partial charge in [-0.25, -0.2) is 13.1 Å². The highest BCUT2D eigenvalue weighted by Gasteiger charge is 2.13. The Morgan fingerprint density at radius 1 is 1.50 bits per heavy atom. The molecule has 0 saturated heterocycles. The zero-order valence-electron chi connectivity index (χ0n) is 10.6. The first-order valence-electron chi connectivity index (χ1n) is 5.61. The monoisotopic (exact) mass is 269 g/mol. The Morgan fingerprint density at radius 3 is 2.67 bits per heavy atom. The fraction of sp³-hybridized carbons (Fsp3) is 0.333. The van der Waals surface area contributed by atoms with Gasteiger partial charge in [-0.3, -0.25) is 0 Å². The van der Waals surface area contributed by atoms with E-state index in [1.807, 2.05) is 13.0 Å². The fourth-order valence-electron chi connectivity index (χ4n) is 1.53. The third-order valence-electron chi connectivity index (χ3n) is 2.52. The van der Waals surface area contributed by atoms with Gasteiger partial charge < -0.3 is 11.1 Å². The van der Waals surface area contributed by atoms with E-state index < -0.39 is 10.0 Å². The van der Waals surface area contributed by atoms with Gasteiger partial charge in [0.25, 0.3) is 0 Å². The zero-order chi connectivity index (χ0) is 13.8. The van der Waals surface area contributed by atoms with Gasteiger partial charge in [-0.05, 0) is 38.6 Å². The molecule has 6 heteroatoms. The van der Waals surface area contributed by atoms with Crippen LogP contribution in [0.3, 0.4) is 0 Å². The predicted octanol–water partition coefficient (Wildman–Crippen LogP) is 1.55. The van der Waals surface area contributed by atoms with Crippen LogP contribution in [0.5, 0.6) is 0 Å². The topological polar surface area (TPSA) is 84.2 Å². The molecule has 4 N–H and O–H groups in total. The van der Waals surface area contributed by atoms with E-state index in [1.165, 1.54) is 19.2 Å². The fourth-order valence-corrected chi connectivity index (χ4v) is 2.30. The summed E-state index contributed by atoms with van der Waals surface area (Å²) in [5.74, 6) is 0. The van der Waals surface area contributed by atoms with Crippen molar-refractivity contribution in [1.29, 1.82) is 0 Å². The minimum Gasteiger partial charge on any atom is -0.397 e. The van der Waals surface area contributed by atoms with Crippen molar-refractivity contribution in [2.75, 3.05) is 18.1 Å². The van der Waals surface area contributed by atoms with Crippen LogP contribution in [0.4, 0.5) is 11.4 Å². The summed E-state index contributed by atoms with van der Waals surface area (Å²) < 4.78 is 25.4. The molecule has 1 aromatic rings. The molecular formula is C12H19N3O2S. The first-order chi connectivity index (χ1) is 8.40. The molecule has 0 heterocycles. The lowest BCUT2D eigenvalue weighted by molar-refractivity contribution is 0.588. The Balaban J connectivity index is 2.97. The molecule has 100 valence electrons. The van der Waals surface area contributed by atoms with Crippen LogP contribution in [0.15, 0.2) is 35.7 Å². The molecular weight excluding hydrogens is 250 g/mol. The predicted molar refractivity (Wildman–Crippen MR) is 75.0 cm³/mol. The first-order valence-corrected chi connectivity index (χ1v) is 7.09. The SMILES string of the molecule is C=CCC(C)Nc1ccc(S(=O)(=O)NC)cc1N. The molecule has 0 spiro atoms. The normalized spacial score (nSPS) is 13.0. The second-order valence-electron chi connectivity index (χ2n) is 4.03. The number of rotatable bonds is 6. The van der Waals surface area contributed by atoms with E-state index in [1.54, 1.807) is 6.07 Å². The molecule has 0 amide bonds. The maximum Gasteiger partial charge on any atom is 0.240 e. The second-order valence-corrected chi connectivity index (χ2v) is 5.91. The Hall–Kier alpha value is -1.53. The molecule has 0 fully saturated rings. The van der Waals surface area contributed by atoms with Gasteiger partial charge in [-0.2, -0.15) is 0 Å². The largest absolute Gasteiger partial charge is 0.397 e. The maximum absolute atomic E-state index is 11.6. The molecule has 1 rings (SSSR count). The molecule has 1 atom stereocenters. The quantitative estimate of drug-likeness (QED) is 0.540. The van der Waals surface area contributed by atoms with Gasteiger partial charge in [0.2, 0.25) is 10.0 Å². The number of nitrogen functional groups attached to an aromatic ring is 1. The number of hydrogen-bond donors (Lipinski definition) is 3. The summed E-state index contributed by atoms with van der Waals surface area (Å²) in [7, 11) is -2.09. The van der Waals surface area contributed by atoms with Crippen LogP contribution >= 0.6 is 0 Å². The molecule has 0 aliphatic rings. The number of anilines is 2. The van der Waals surface area contributed by atoms with Crippen molar-refractivity contribution in [2.24, 2.45) is 0 Å².